The van der Waals surface area contributed by atoms with Gasteiger partial charge in [0.25, 0.3) is 5.91 Å². The summed E-state index contributed by atoms with van der Waals surface area (Å²) in [5, 5.41) is 11.8. The van der Waals surface area contributed by atoms with Crippen molar-refractivity contribution in [1.29, 1.82) is 0 Å². The molecule has 3 nitrogen and oxygen atoms in total. The highest BCUT2D eigenvalue weighted by molar-refractivity contribution is 5.96. The van der Waals surface area contributed by atoms with Crippen LogP contribution in [0.4, 0.5) is 0 Å². The first-order valence-corrected chi connectivity index (χ1v) is 12.4. The van der Waals surface area contributed by atoms with Crippen molar-refractivity contribution in [2.75, 3.05) is 13.2 Å². The van der Waals surface area contributed by atoms with Gasteiger partial charge in [0.2, 0.25) is 0 Å². The lowest BCUT2D eigenvalue weighted by atomic mass is 9.82. The van der Waals surface area contributed by atoms with Gasteiger partial charge in [0.1, 0.15) is 0 Å². The SMILES string of the molecule is CC(C)CCCC(C)CCCC(C)Cc1ccc(C(=O)NCCO)c2c1CCCC2. The van der Waals surface area contributed by atoms with E-state index in [9.17, 15) is 4.79 Å². The highest BCUT2D eigenvalue weighted by Gasteiger charge is 2.21. The molecule has 0 spiro atoms. The van der Waals surface area contributed by atoms with Crippen LogP contribution in [0, 0.1) is 17.8 Å². The maximum absolute atomic E-state index is 12.5. The van der Waals surface area contributed by atoms with Gasteiger partial charge in [-0.1, -0.05) is 72.3 Å². The largest absolute Gasteiger partial charge is 0.395 e. The molecular weight excluding hydrogens is 370 g/mol. The van der Waals surface area contributed by atoms with E-state index in [1.54, 1.807) is 0 Å². The molecule has 1 aliphatic rings. The van der Waals surface area contributed by atoms with Crippen molar-refractivity contribution in [3.63, 3.8) is 0 Å². The Balaban J connectivity index is 1.89. The van der Waals surface area contributed by atoms with Crippen molar-refractivity contribution in [1.82, 2.24) is 5.32 Å². The zero-order chi connectivity index (χ0) is 21.9. The Morgan fingerprint density at radius 2 is 1.57 bits per heavy atom. The summed E-state index contributed by atoms with van der Waals surface area (Å²) < 4.78 is 0. The van der Waals surface area contributed by atoms with Gasteiger partial charge in [-0.15, -0.1) is 0 Å². The number of benzene rings is 1. The third-order valence-electron chi connectivity index (χ3n) is 6.71. The quantitative estimate of drug-likeness (QED) is 0.409. The van der Waals surface area contributed by atoms with Gasteiger partial charge in [-0.2, -0.15) is 0 Å². The van der Waals surface area contributed by atoms with Gasteiger partial charge in [-0.3, -0.25) is 4.79 Å². The molecule has 170 valence electrons. The van der Waals surface area contributed by atoms with Gasteiger partial charge in [-0.05, 0) is 72.6 Å². The van der Waals surface area contributed by atoms with Gasteiger partial charge < -0.3 is 10.4 Å². The molecule has 0 aromatic heterocycles. The Labute approximate surface area is 185 Å². The molecule has 1 amide bonds. The highest BCUT2D eigenvalue weighted by atomic mass is 16.3. The molecule has 1 aliphatic carbocycles. The van der Waals surface area contributed by atoms with E-state index in [-0.39, 0.29) is 12.5 Å². The van der Waals surface area contributed by atoms with Gasteiger partial charge in [0.05, 0.1) is 6.61 Å². The molecule has 0 radical (unpaired) electrons. The fourth-order valence-electron chi connectivity index (χ4n) is 4.92. The zero-order valence-electron chi connectivity index (χ0n) is 19.9. The van der Waals surface area contributed by atoms with E-state index in [0.29, 0.717) is 12.5 Å². The van der Waals surface area contributed by atoms with Crippen LogP contribution in [-0.4, -0.2) is 24.2 Å². The lowest BCUT2D eigenvalue weighted by Crippen LogP contribution is -2.28. The molecule has 0 heterocycles. The molecule has 3 heteroatoms. The van der Waals surface area contributed by atoms with Crippen LogP contribution in [0.1, 0.15) is 106 Å². The van der Waals surface area contributed by atoms with Gasteiger partial charge in [-0.25, -0.2) is 0 Å². The topological polar surface area (TPSA) is 49.3 Å². The molecule has 0 aliphatic heterocycles. The van der Waals surface area contributed by atoms with Crippen molar-refractivity contribution in [2.24, 2.45) is 17.8 Å². The lowest BCUT2D eigenvalue weighted by Gasteiger charge is -2.24. The smallest absolute Gasteiger partial charge is 0.251 e. The summed E-state index contributed by atoms with van der Waals surface area (Å²) in [6.07, 6.45) is 13.7. The minimum Gasteiger partial charge on any atom is -0.395 e. The molecule has 2 unspecified atom stereocenters. The van der Waals surface area contributed by atoms with Crippen molar-refractivity contribution < 1.29 is 9.90 Å². The molecular formula is C27H45NO2. The highest BCUT2D eigenvalue weighted by Crippen LogP contribution is 2.30. The minimum absolute atomic E-state index is 0.0140. The average Bonchev–Trinajstić information content (AvgIpc) is 2.72. The Hall–Kier alpha value is -1.35. The molecule has 2 atom stereocenters. The third kappa shape index (κ3) is 8.06. The van der Waals surface area contributed by atoms with Crippen LogP contribution in [0.25, 0.3) is 0 Å². The molecule has 0 bridgehead atoms. The summed E-state index contributed by atoms with van der Waals surface area (Å²) >= 11 is 0. The monoisotopic (exact) mass is 415 g/mol. The second-order valence-corrected chi connectivity index (χ2v) is 10.1. The Morgan fingerprint density at radius 1 is 0.933 bits per heavy atom. The molecule has 0 saturated heterocycles. The lowest BCUT2D eigenvalue weighted by molar-refractivity contribution is 0.0943. The molecule has 2 N–H and O–H groups in total. The molecule has 2 rings (SSSR count). The van der Waals surface area contributed by atoms with Gasteiger partial charge in [0, 0.05) is 12.1 Å². The van der Waals surface area contributed by atoms with Crippen LogP contribution in [0.2, 0.25) is 0 Å². The van der Waals surface area contributed by atoms with Crippen molar-refractivity contribution in [3.8, 4) is 0 Å². The summed E-state index contributed by atoms with van der Waals surface area (Å²) in [6.45, 7) is 9.75. The van der Waals surface area contributed by atoms with Crippen molar-refractivity contribution in [3.05, 3.63) is 34.4 Å². The fraction of sp³-hybridized carbons (Fsp3) is 0.741. The number of hydrogen-bond acceptors (Lipinski definition) is 2. The number of fused-ring (bicyclic) bond motifs is 1. The van der Waals surface area contributed by atoms with E-state index in [2.05, 4.69) is 39.1 Å². The van der Waals surface area contributed by atoms with E-state index in [1.165, 1.54) is 68.1 Å². The molecule has 0 saturated carbocycles. The van der Waals surface area contributed by atoms with E-state index in [4.69, 9.17) is 5.11 Å². The zero-order valence-corrected chi connectivity index (χ0v) is 19.9. The van der Waals surface area contributed by atoms with Crippen LogP contribution in [-0.2, 0) is 19.3 Å². The minimum atomic E-state index is -0.0340. The maximum Gasteiger partial charge on any atom is 0.251 e. The standard InChI is InChI=1S/C27H45NO2/c1-20(2)9-7-10-21(3)11-8-12-22(4)19-23-15-16-26(27(30)28-17-18-29)25-14-6-5-13-24(23)25/h15-16,20-22,29H,5-14,17-19H2,1-4H3,(H,28,30). The molecule has 30 heavy (non-hydrogen) atoms. The van der Waals surface area contributed by atoms with Crippen molar-refractivity contribution >= 4 is 5.91 Å². The van der Waals surface area contributed by atoms with E-state index < -0.39 is 0 Å². The first kappa shape index (κ1) is 24.9. The summed E-state index contributed by atoms with van der Waals surface area (Å²) in [4.78, 5) is 12.5. The number of nitrogens with one attached hydrogen (secondary N) is 1. The fourth-order valence-corrected chi connectivity index (χ4v) is 4.92. The van der Waals surface area contributed by atoms with Crippen LogP contribution in [0.15, 0.2) is 12.1 Å². The van der Waals surface area contributed by atoms with Crippen LogP contribution >= 0.6 is 0 Å². The Bertz CT molecular complexity index is 653. The normalized spacial score (nSPS) is 15.7. The first-order chi connectivity index (χ1) is 14.4. The number of hydrogen-bond donors (Lipinski definition) is 2. The van der Waals surface area contributed by atoms with Crippen LogP contribution < -0.4 is 5.32 Å². The number of carbonyl (C=O) groups is 1. The Kier molecular flexibility index (Phi) is 10.9. The molecule has 1 aromatic carbocycles. The summed E-state index contributed by atoms with van der Waals surface area (Å²) in [6, 6.07) is 4.22. The van der Waals surface area contributed by atoms with E-state index in [0.717, 1.165) is 36.7 Å². The van der Waals surface area contributed by atoms with Gasteiger partial charge >= 0.3 is 0 Å². The molecule has 0 fully saturated rings. The summed E-state index contributed by atoms with van der Waals surface area (Å²) in [5.74, 6) is 2.33. The number of amides is 1. The predicted octanol–water partition coefficient (Wildman–Crippen LogP) is 6.10. The van der Waals surface area contributed by atoms with E-state index >= 15 is 0 Å². The summed E-state index contributed by atoms with van der Waals surface area (Å²) in [5.41, 5.74) is 4.98. The number of carbonyl (C=O) groups excluding carboxylic acids is 1. The molecule has 1 aromatic rings. The van der Waals surface area contributed by atoms with Crippen molar-refractivity contribution in [2.45, 2.75) is 98.3 Å². The first-order valence-electron chi connectivity index (χ1n) is 12.4. The average molecular weight is 416 g/mol. The maximum atomic E-state index is 12.5. The number of rotatable bonds is 13. The van der Waals surface area contributed by atoms with Gasteiger partial charge in [0.15, 0.2) is 0 Å². The predicted molar refractivity (Wildman–Crippen MR) is 127 cm³/mol. The second-order valence-electron chi connectivity index (χ2n) is 10.1. The number of aliphatic hydroxyl groups is 1. The van der Waals surface area contributed by atoms with Crippen LogP contribution in [0.5, 0.6) is 0 Å². The Morgan fingerprint density at radius 3 is 2.23 bits per heavy atom. The van der Waals surface area contributed by atoms with Crippen LogP contribution in [0.3, 0.4) is 0 Å². The van der Waals surface area contributed by atoms with E-state index in [1.807, 2.05) is 6.07 Å². The second kappa shape index (κ2) is 13.1. The third-order valence-corrected chi connectivity index (χ3v) is 6.71. The summed E-state index contributed by atoms with van der Waals surface area (Å²) in [7, 11) is 0. The number of aliphatic hydroxyl groups excluding tert-OH is 1.